The minimum atomic E-state index is -3.51. The fourth-order valence-corrected chi connectivity index (χ4v) is 3.29. The summed E-state index contributed by atoms with van der Waals surface area (Å²) in [6.45, 7) is 0. The van der Waals surface area contributed by atoms with Gasteiger partial charge in [0.25, 0.3) is 0 Å². The lowest BCUT2D eigenvalue weighted by Crippen LogP contribution is -2.10. The van der Waals surface area contributed by atoms with Gasteiger partial charge in [-0.15, -0.1) is 11.3 Å². The van der Waals surface area contributed by atoms with Crippen LogP contribution in [0, 0.1) is 0 Å². The van der Waals surface area contributed by atoms with E-state index in [-0.39, 0.29) is 4.90 Å². The van der Waals surface area contributed by atoms with E-state index in [1.54, 1.807) is 11.4 Å². The molecule has 0 radical (unpaired) electrons. The molecule has 0 fully saturated rings. The van der Waals surface area contributed by atoms with Gasteiger partial charge in [-0.05, 0) is 25.3 Å². The van der Waals surface area contributed by atoms with Crippen molar-refractivity contribution in [3.05, 3.63) is 16.3 Å². The smallest absolute Gasteiger partial charge is 0.225 e. The Bertz CT molecular complexity index is 386. The molecular formula is C8H12BrNO2S2. The van der Waals surface area contributed by atoms with Gasteiger partial charge >= 0.3 is 0 Å². The first-order chi connectivity index (χ1) is 6.54. The molecule has 0 saturated carbocycles. The Balaban J connectivity index is 2.60. The van der Waals surface area contributed by atoms with Crippen molar-refractivity contribution >= 4 is 37.3 Å². The minimum Gasteiger partial charge on any atom is -0.225 e. The van der Waals surface area contributed by atoms with E-state index in [1.807, 2.05) is 0 Å². The minimum absolute atomic E-state index is 0.233. The topological polar surface area (TPSA) is 60.2 Å². The van der Waals surface area contributed by atoms with Crippen molar-refractivity contribution in [3.8, 4) is 0 Å². The van der Waals surface area contributed by atoms with Gasteiger partial charge in [0, 0.05) is 15.6 Å². The van der Waals surface area contributed by atoms with Crippen LogP contribution in [-0.2, 0) is 16.4 Å². The first-order valence-corrected chi connectivity index (χ1v) is 7.75. The van der Waals surface area contributed by atoms with E-state index in [4.69, 9.17) is 5.14 Å². The number of sulfonamides is 1. The molecule has 3 nitrogen and oxygen atoms in total. The fraction of sp³-hybridized carbons (Fsp3) is 0.500. The van der Waals surface area contributed by atoms with E-state index in [0.717, 1.165) is 29.5 Å². The molecule has 0 saturated heterocycles. The van der Waals surface area contributed by atoms with Gasteiger partial charge in [0.05, 0.1) is 4.90 Å². The van der Waals surface area contributed by atoms with Crippen LogP contribution in [0.3, 0.4) is 0 Å². The van der Waals surface area contributed by atoms with Crippen molar-refractivity contribution in [3.63, 3.8) is 0 Å². The van der Waals surface area contributed by atoms with Crippen LogP contribution >= 0.6 is 27.3 Å². The van der Waals surface area contributed by atoms with Crippen molar-refractivity contribution in [1.82, 2.24) is 0 Å². The van der Waals surface area contributed by atoms with Crippen LogP contribution in [0.5, 0.6) is 0 Å². The third kappa shape index (κ3) is 3.68. The zero-order valence-electron chi connectivity index (χ0n) is 7.57. The number of hydrogen-bond acceptors (Lipinski definition) is 3. The summed E-state index contributed by atoms with van der Waals surface area (Å²) in [4.78, 5) is 1.31. The number of unbranched alkanes of at least 4 members (excludes halogenated alkanes) is 1. The van der Waals surface area contributed by atoms with Gasteiger partial charge < -0.3 is 0 Å². The third-order valence-corrected chi connectivity index (χ3v) is 4.36. The van der Waals surface area contributed by atoms with Crippen LogP contribution < -0.4 is 5.14 Å². The number of primary sulfonamides is 1. The van der Waals surface area contributed by atoms with Gasteiger partial charge in [0.15, 0.2) is 0 Å². The molecule has 1 heterocycles. The summed E-state index contributed by atoms with van der Waals surface area (Å²) in [5.41, 5.74) is 0. The molecule has 0 aliphatic carbocycles. The Kier molecular flexibility index (Phi) is 4.56. The highest BCUT2D eigenvalue weighted by atomic mass is 79.9. The predicted molar refractivity (Wildman–Crippen MR) is 62.4 cm³/mol. The molecule has 0 aromatic carbocycles. The zero-order valence-corrected chi connectivity index (χ0v) is 10.8. The molecule has 1 rings (SSSR count). The van der Waals surface area contributed by atoms with Crippen LogP contribution in [-0.4, -0.2) is 13.7 Å². The van der Waals surface area contributed by atoms with E-state index in [1.165, 1.54) is 11.3 Å². The Morgan fingerprint density at radius 3 is 2.64 bits per heavy atom. The molecule has 2 N–H and O–H groups in total. The lowest BCUT2D eigenvalue weighted by molar-refractivity contribution is 0.598. The van der Waals surface area contributed by atoms with E-state index < -0.39 is 10.0 Å². The van der Waals surface area contributed by atoms with Gasteiger partial charge in [-0.25, -0.2) is 13.6 Å². The van der Waals surface area contributed by atoms with Crippen molar-refractivity contribution in [2.24, 2.45) is 5.14 Å². The van der Waals surface area contributed by atoms with Crippen LogP contribution in [0.1, 0.15) is 17.7 Å². The number of halogens is 1. The van der Waals surface area contributed by atoms with E-state index in [2.05, 4.69) is 15.9 Å². The molecule has 6 heteroatoms. The Morgan fingerprint density at radius 1 is 1.43 bits per heavy atom. The summed E-state index contributed by atoms with van der Waals surface area (Å²) in [5, 5.41) is 7.58. The van der Waals surface area contributed by atoms with Crippen LogP contribution in [0.4, 0.5) is 0 Å². The number of thiophene rings is 1. The first kappa shape index (κ1) is 12.2. The molecule has 0 atom stereocenters. The average molecular weight is 298 g/mol. The highest BCUT2D eigenvalue weighted by Crippen LogP contribution is 2.19. The fourth-order valence-electron chi connectivity index (χ4n) is 1.03. The Labute approximate surface area is 96.5 Å². The molecule has 1 aromatic rings. The monoisotopic (exact) mass is 297 g/mol. The van der Waals surface area contributed by atoms with Gasteiger partial charge in [0.1, 0.15) is 0 Å². The number of alkyl halides is 1. The molecule has 0 spiro atoms. The van der Waals surface area contributed by atoms with Crippen molar-refractivity contribution in [2.45, 2.75) is 24.2 Å². The molecule has 0 amide bonds. The SMILES string of the molecule is NS(=O)(=O)c1csc(CCCCBr)c1. The third-order valence-electron chi connectivity index (χ3n) is 1.77. The molecule has 0 aliphatic heterocycles. The molecular weight excluding hydrogens is 286 g/mol. The zero-order chi connectivity index (χ0) is 10.6. The lowest BCUT2D eigenvalue weighted by Gasteiger charge is -1.94. The molecule has 80 valence electrons. The summed E-state index contributed by atoms with van der Waals surface area (Å²) in [6.07, 6.45) is 3.09. The second-order valence-corrected chi connectivity index (χ2v) is 6.29. The number of hydrogen-bond donors (Lipinski definition) is 1. The van der Waals surface area contributed by atoms with Crippen LogP contribution in [0.25, 0.3) is 0 Å². The van der Waals surface area contributed by atoms with Crippen molar-refractivity contribution in [1.29, 1.82) is 0 Å². The van der Waals surface area contributed by atoms with Gasteiger partial charge in [-0.1, -0.05) is 15.9 Å². The van der Waals surface area contributed by atoms with Crippen LogP contribution in [0.2, 0.25) is 0 Å². The molecule has 14 heavy (non-hydrogen) atoms. The van der Waals surface area contributed by atoms with Gasteiger partial charge in [0.2, 0.25) is 10.0 Å². The van der Waals surface area contributed by atoms with E-state index in [0.29, 0.717) is 0 Å². The molecule has 1 aromatic heterocycles. The highest BCUT2D eigenvalue weighted by Gasteiger charge is 2.09. The van der Waals surface area contributed by atoms with Crippen molar-refractivity contribution in [2.75, 3.05) is 5.33 Å². The normalized spacial score (nSPS) is 11.9. The largest absolute Gasteiger partial charge is 0.238 e. The Hall–Kier alpha value is 0.0900. The average Bonchev–Trinajstić information content (AvgIpc) is 2.52. The van der Waals surface area contributed by atoms with E-state index >= 15 is 0 Å². The summed E-state index contributed by atoms with van der Waals surface area (Å²) in [7, 11) is -3.51. The highest BCUT2D eigenvalue weighted by molar-refractivity contribution is 9.09. The van der Waals surface area contributed by atoms with Crippen molar-refractivity contribution < 1.29 is 8.42 Å². The predicted octanol–water partition coefficient (Wildman–Crippen LogP) is 2.11. The second kappa shape index (κ2) is 5.25. The maximum absolute atomic E-state index is 11.0. The first-order valence-electron chi connectivity index (χ1n) is 4.20. The quantitative estimate of drug-likeness (QED) is 0.668. The van der Waals surface area contributed by atoms with E-state index in [9.17, 15) is 8.42 Å². The van der Waals surface area contributed by atoms with Crippen LogP contribution in [0.15, 0.2) is 16.3 Å². The molecule has 0 aliphatic rings. The van der Waals surface area contributed by atoms with Gasteiger partial charge in [-0.3, -0.25) is 0 Å². The second-order valence-electron chi connectivity index (χ2n) is 2.94. The standard InChI is InChI=1S/C8H12BrNO2S2/c9-4-2-1-3-7-5-8(6-13-7)14(10,11)12/h5-6H,1-4H2,(H2,10,11,12). The maximum atomic E-state index is 11.0. The lowest BCUT2D eigenvalue weighted by atomic mass is 10.2. The molecule has 0 bridgehead atoms. The molecule has 0 unspecified atom stereocenters. The number of aryl methyl sites for hydroxylation is 1. The summed E-state index contributed by atoms with van der Waals surface area (Å²) in [6, 6.07) is 1.66. The number of rotatable bonds is 5. The number of nitrogens with two attached hydrogens (primary N) is 1. The Morgan fingerprint density at radius 2 is 2.14 bits per heavy atom. The summed E-state index contributed by atoms with van der Waals surface area (Å²) < 4.78 is 21.9. The summed E-state index contributed by atoms with van der Waals surface area (Å²) >= 11 is 4.80. The maximum Gasteiger partial charge on any atom is 0.238 e. The summed E-state index contributed by atoms with van der Waals surface area (Å²) in [5.74, 6) is 0. The van der Waals surface area contributed by atoms with Gasteiger partial charge in [-0.2, -0.15) is 0 Å².